The molecule has 0 aromatic heterocycles. The molecule has 1 rings (SSSR count). The third kappa shape index (κ3) is 5.23. The number of rotatable bonds is 5. The Morgan fingerprint density at radius 3 is 2.67 bits per heavy atom. The maximum atomic E-state index is 10.1. The quantitative estimate of drug-likeness (QED) is 0.761. The van der Waals surface area contributed by atoms with Crippen molar-refractivity contribution < 1.29 is 5.11 Å². The zero-order valence-corrected chi connectivity index (χ0v) is 11.2. The van der Waals surface area contributed by atoms with Crippen molar-refractivity contribution in [3.8, 4) is 0 Å². The molecule has 1 aliphatic heterocycles. The molecule has 0 amide bonds. The number of thioether (sulfide) groups is 1. The Balaban J connectivity index is 2.23. The highest BCUT2D eigenvalue weighted by Gasteiger charge is 2.26. The third-order valence-electron chi connectivity index (χ3n) is 2.82. The van der Waals surface area contributed by atoms with E-state index in [1.807, 2.05) is 18.7 Å². The van der Waals surface area contributed by atoms with Crippen molar-refractivity contribution in [2.24, 2.45) is 5.92 Å². The molecule has 1 heterocycles. The summed E-state index contributed by atoms with van der Waals surface area (Å²) in [6.45, 7) is 9.25. The lowest BCUT2D eigenvalue weighted by Crippen LogP contribution is -2.43. The van der Waals surface area contributed by atoms with Crippen LogP contribution in [0.5, 0.6) is 0 Å². The summed E-state index contributed by atoms with van der Waals surface area (Å²) in [6.07, 6.45) is 2.11. The molecule has 3 heteroatoms. The molecule has 0 saturated carbocycles. The van der Waals surface area contributed by atoms with E-state index < -0.39 is 5.60 Å². The van der Waals surface area contributed by atoms with Gasteiger partial charge in [0.25, 0.3) is 0 Å². The normalized spacial score (nSPS) is 30.8. The Bertz CT molecular complexity index is 194. The van der Waals surface area contributed by atoms with Gasteiger partial charge in [-0.1, -0.05) is 20.8 Å². The standard InChI is InChI=1S/C12H25NOS/c1-9(2)6-12(4,14)8-13-11-5-10(3)15-7-11/h9-11,13-14H,5-8H2,1-4H3. The van der Waals surface area contributed by atoms with E-state index in [0.29, 0.717) is 12.0 Å². The van der Waals surface area contributed by atoms with Gasteiger partial charge in [0.1, 0.15) is 0 Å². The second kappa shape index (κ2) is 5.55. The molecule has 3 unspecified atom stereocenters. The Hall–Kier alpha value is 0.270. The number of hydrogen-bond acceptors (Lipinski definition) is 3. The second-order valence-corrected chi connectivity index (χ2v) is 7.02. The summed E-state index contributed by atoms with van der Waals surface area (Å²) < 4.78 is 0. The molecule has 15 heavy (non-hydrogen) atoms. The Morgan fingerprint density at radius 1 is 1.53 bits per heavy atom. The minimum atomic E-state index is -0.551. The van der Waals surface area contributed by atoms with Crippen molar-refractivity contribution >= 4 is 11.8 Å². The lowest BCUT2D eigenvalue weighted by molar-refractivity contribution is 0.0365. The van der Waals surface area contributed by atoms with Crippen molar-refractivity contribution in [3.05, 3.63) is 0 Å². The van der Waals surface area contributed by atoms with Crippen LogP contribution in [0.4, 0.5) is 0 Å². The van der Waals surface area contributed by atoms with Crippen molar-refractivity contribution in [2.75, 3.05) is 12.3 Å². The van der Waals surface area contributed by atoms with E-state index in [4.69, 9.17) is 0 Å². The first kappa shape index (κ1) is 13.3. The summed E-state index contributed by atoms with van der Waals surface area (Å²) in [5.41, 5.74) is -0.551. The minimum Gasteiger partial charge on any atom is -0.389 e. The largest absolute Gasteiger partial charge is 0.389 e. The highest BCUT2D eigenvalue weighted by molar-refractivity contribution is 8.00. The van der Waals surface area contributed by atoms with Crippen LogP contribution < -0.4 is 5.32 Å². The molecule has 1 fully saturated rings. The summed E-state index contributed by atoms with van der Waals surface area (Å²) in [6, 6.07) is 0.601. The van der Waals surface area contributed by atoms with E-state index in [0.717, 1.165) is 18.2 Å². The number of aliphatic hydroxyl groups is 1. The van der Waals surface area contributed by atoms with Crippen LogP contribution in [0.1, 0.15) is 40.5 Å². The summed E-state index contributed by atoms with van der Waals surface area (Å²) in [5, 5.41) is 14.4. The predicted octanol–water partition coefficient (Wildman–Crippen LogP) is 2.27. The molecular weight excluding hydrogens is 206 g/mol. The van der Waals surface area contributed by atoms with Crippen LogP contribution in [0, 0.1) is 5.92 Å². The molecule has 3 atom stereocenters. The molecule has 0 aromatic rings. The molecule has 0 radical (unpaired) electrons. The lowest BCUT2D eigenvalue weighted by atomic mass is 9.94. The summed E-state index contributed by atoms with van der Waals surface area (Å²) in [7, 11) is 0. The van der Waals surface area contributed by atoms with Crippen LogP contribution in [-0.2, 0) is 0 Å². The summed E-state index contributed by atoms with van der Waals surface area (Å²) in [4.78, 5) is 0. The molecule has 0 bridgehead atoms. The molecule has 0 spiro atoms. The highest BCUT2D eigenvalue weighted by Crippen LogP contribution is 2.26. The van der Waals surface area contributed by atoms with Gasteiger partial charge >= 0.3 is 0 Å². The SMILES string of the molecule is CC(C)CC(C)(O)CNC1CSC(C)C1. The maximum absolute atomic E-state index is 10.1. The number of hydrogen-bond donors (Lipinski definition) is 2. The monoisotopic (exact) mass is 231 g/mol. The first-order chi connectivity index (χ1) is 6.89. The van der Waals surface area contributed by atoms with Gasteiger partial charge in [-0.15, -0.1) is 0 Å². The molecule has 1 aliphatic rings. The van der Waals surface area contributed by atoms with Gasteiger partial charge in [-0.25, -0.2) is 0 Å². The first-order valence-corrected chi connectivity index (χ1v) is 7.01. The van der Waals surface area contributed by atoms with Crippen molar-refractivity contribution in [1.82, 2.24) is 5.32 Å². The van der Waals surface area contributed by atoms with E-state index in [1.54, 1.807) is 0 Å². The van der Waals surface area contributed by atoms with Gasteiger partial charge in [-0.05, 0) is 25.7 Å². The molecular formula is C12H25NOS. The van der Waals surface area contributed by atoms with Gasteiger partial charge in [0, 0.05) is 23.6 Å². The van der Waals surface area contributed by atoms with E-state index in [9.17, 15) is 5.11 Å². The zero-order chi connectivity index (χ0) is 11.5. The fourth-order valence-electron chi connectivity index (χ4n) is 2.28. The number of nitrogens with one attached hydrogen (secondary N) is 1. The van der Waals surface area contributed by atoms with Crippen LogP contribution in [0.15, 0.2) is 0 Å². The van der Waals surface area contributed by atoms with Crippen LogP contribution in [-0.4, -0.2) is 34.3 Å². The fraction of sp³-hybridized carbons (Fsp3) is 1.00. The van der Waals surface area contributed by atoms with Crippen molar-refractivity contribution in [3.63, 3.8) is 0 Å². The van der Waals surface area contributed by atoms with Gasteiger partial charge in [0.15, 0.2) is 0 Å². The Labute approximate surface area is 98.2 Å². The zero-order valence-electron chi connectivity index (χ0n) is 10.4. The molecule has 2 nitrogen and oxygen atoms in total. The van der Waals surface area contributed by atoms with Gasteiger partial charge in [0.2, 0.25) is 0 Å². The maximum Gasteiger partial charge on any atom is 0.0746 e. The van der Waals surface area contributed by atoms with Crippen LogP contribution >= 0.6 is 11.8 Å². The van der Waals surface area contributed by atoms with Crippen molar-refractivity contribution in [2.45, 2.75) is 57.4 Å². The van der Waals surface area contributed by atoms with E-state index in [1.165, 1.54) is 12.2 Å². The molecule has 2 N–H and O–H groups in total. The second-order valence-electron chi connectivity index (χ2n) is 5.55. The van der Waals surface area contributed by atoms with Crippen LogP contribution in [0.3, 0.4) is 0 Å². The van der Waals surface area contributed by atoms with E-state index in [-0.39, 0.29) is 0 Å². The highest BCUT2D eigenvalue weighted by atomic mass is 32.2. The summed E-state index contributed by atoms with van der Waals surface area (Å²) >= 11 is 2.03. The topological polar surface area (TPSA) is 32.3 Å². The molecule has 0 aliphatic carbocycles. The smallest absolute Gasteiger partial charge is 0.0746 e. The average Bonchev–Trinajstić information content (AvgIpc) is 2.46. The molecule has 1 saturated heterocycles. The van der Waals surface area contributed by atoms with Gasteiger partial charge < -0.3 is 10.4 Å². The van der Waals surface area contributed by atoms with E-state index >= 15 is 0 Å². The van der Waals surface area contributed by atoms with Crippen LogP contribution in [0.25, 0.3) is 0 Å². The fourth-order valence-corrected chi connectivity index (χ4v) is 3.46. The molecule has 90 valence electrons. The minimum absolute atomic E-state index is 0.551. The van der Waals surface area contributed by atoms with E-state index in [2.05, 4.69) is 26.1 Å². The van der Waals surface area contributed by atoms with Gasteiger partial charge in [0.05, 0.1) is 5.60 Å². The first-order valence-electron chi connectivity index (χ1n) is 5.96. The Morgan fingerprint density at radius 2 is 2.20 bits per heavy atom. The van der Waals surface area contributed by atoms with Gasteiger partial charge in [-0.3, -0.25) is 0 Å². The predicted molar refractivity (Wildman–Crippen MR) is 68.4 cm³/mol. The summed E-state index contributed by atoms with van der Waals surface area (Å²) in [5.74, 6) is 1.75. The van der Waals surface area contributed by atoms with Gasteiger partial charge in [-0.2, -0.15) is 11.8 Å². The Kier molecular flexibility index (Phi) is 4.94. The average molecular weight is 231 g/mol. The van der Waals surface area contributed by atoms with Crippen molar-refractivity contribution in [1.29, 1.82) is 0 Å². The van der Waals surface area contributed by atoms with Crippen LogP contribution in [0.2, 0.25) is 0 Å². The third-order valence-corrected chi connectivity index (χ3v) is 4.17. The molecule has 0 aromatic carbocycles. The lowest BCUT2D eigenvalue weighted by Gasteiger charge is -2.27.